The minimum absolute atomic E-state index is 0.0531. The number of benzene rings is 2. The Kier molecular flexibility index (Phi) is 5.34. The van der Waals surface area contributed by atoms with Crippen LogP contribution in [0.15, 0.2) is 54.6 Å². The van der Waals surface area contributed by atoms with Gasteiger partial charge < -0.3 is 5.73 Å². The SMILES string of the molecule is N#CCCCCC(N)c1cccc(-c2ccccc2)c1. The van der Waals surface area contributed by atoms with Crippen LogP contribution in [0.1, 0.15) is 37.3 Å². The van der Waals surface area contributed by atoms with E-state index < -0.39 is 0 Å². The summed E-state index contributed by atoms with van der Waals surface area (Å²) in [7, 11) is 0. The molecule has 0 fully saturated rings. The number of rotatable bonds is 6. The highest BCUT2D eigenvalue weighted by molar-refractivity contribution is 5.64. The lowest BCUT2D eigenvalue weighted by Crippen LogP contribution is -2.10. The molecule has 1 atom stereocenters. The summed E-state index contributed by atoms with van der Waals surface area (Å²) in [6.07, 6.45) is 3.49. The summed E-state index contributed by atoms with van der Waals surface area (Å²) in [4.78, 5) is 0. The van der Waals surface area contributed by atoms with E-state index in [-0.39, 0.29) is 6.04 Å². The first-order valence-corrected chi connectivity index (χ1v) is 7.09. The van der Waals surface area contributed by atoms with Crippen LogP contribution in [0.25, 0.3) is 11.1 Å². The van der Waals surface area contributed by atoms with Gasteiger partial charge in [0.15, 0.2) is 0 Å². The molecule has 2 heteroatoms. The van der Waals surface area contributed by atoms with Crippen molar-refractivity contribution in [3.05, 3.63) is 60.2 Å². The highest BCUT2D eigenvalue weighted by Gasteiger charge is 2.07. The van der Waals surface area contributed by atoms with Gasteiger partial charge in [0, 0.05) is 12.5 Å². The van der Waals surface area contributed by atoms with E-state index in [1.54, 1.807) is 0 Å². The molecule has 0 aliphatic rings. The van der Waals surface area contributed by atoms with Gasteiger partial charge >= 0.3 is 0 Å². The summed E-state index contributed by atoms with van der Waals surface area (Å²) in [5, 5.41) is 8.53. The van der Waals surface area contributed by atoms with Crippen LogP contribution in [-0.2, 0) is 0 Å². The van der Waals surface area contributed by atoms with Gasteiger partial charge in [-0.2, -0.15) is 5.26 Å². The number of nitrogens with two attached hydrogens (primary N) is 1. The van der Waals surface area contributed by atoms with E-state index in [1.165, 1.54) is 16.7 Å². The number of hydrogen-bond donors (Lipinski definition) is 1. The molecule has 0 amide bonds. The van der Waals surface area contributed by atoms with Crippen molar-refractivity contribution in [1.82, 2.24) is 0 Å². The average Bonchev–Trinajstić information content (AvgIpc) is 2.52. The molecule has 0 spiro atoms. The lowest BCUT2D eigenvalue weighted by Gasteiger charge is -2.13. The summed E-state index contributed by atoms with van der Waals surface area (Å²) in [5.41, 5.74) is 9.83. The Hall–Kier alpha value is -2.11. The van der Waals surface area contributed by atoms with Gasteiger partial charge in [0.1, 0.15) is 0 Å². The zero-order valence-electron chi connectivity index (χ0n) is 11.6. The Morgan fingerprint density at radius 2 is 1.70 bits per heavy atom. The molecule has 102 valence electrons. The minimum atomic E-state index is 0.0531. The molecule has 0 heterocycles. The van der Waals surface area contributed by atoms with E-state index >= 15 is 0 Å². The van der Waals surface area contributed by atoms with Crippen molar-refractivity contribution >= 4 is 0 Å². The second-order valence-electron chi connectivity index (χ2n) is 5.00. The smallest absolute Gasteiger partial charge is 0.0621 e. The molecule has 2 aromatic rings. The molecule has 0 saturated carbocycles. The zero-order chi connectivity index (χ0) is 14.2. The maximum absolute atomic E-state index is 8.53. The summed E-state index contributed by atoms with van der Waals surface area (Å²) in [6.45, 7) is 0. The van der Waals surface area contributed by atoms with E-state index in [4.69, 9.17) is 11.0 Å². The van der Waals surface area contributed by atoms with Gasteiger partial charge in [-0.15, -0.1) is 0 Å². The summed E-state index contributed by atoms with van der Waals surface area (Å²) in [5.74, 6) is 0. The van der Waals surface area contributed by atoms with Crippen molar-refractivity contribution in [3.8, 4) is 17.2 Å². The Morgan fingerprint density at radius 3 is 2.45 bits per heavy atom. The van der Waals surface area contributed by atoms with E-state index in [0.29, 0.717) is 6.42 Å². The third-order valence-corrected chi connectivity index (χ3v) is 3.48. The fraction of sp³-hybridized carbons (Fsp3) is 0.278. The predicted molar refractivity (Wildman–Crippen MR) is 82.9 cm³/mol. The lowest BCUT2D eigenvalue weighted by atomic mass is 9.97. The van der Waals surface area contributed by atoms with Crippen molar-refractivity contribution in [2.45, 2.75) is 31.7 Å². The van der Waals surface area contributed by atoms with Crippen LogP contribution in [-0.4, -0.2) is 0 Å². The van der Waals surface area contributed by atoms with E-state index in [2.05, 4.69) is 42.5 Å². The van der Waals surface area contributed by atoms with Crippen molar-refractivity contribution in [2.24, 2.45) is 5.73 Å². The fourth-order valence-electron chi connectivity index (χ4n) is 2.31. The minimum Gasteiger partial charge on any atom is -0.324 e. The predicted octanol–water partition coefficient (Wildman–Crippen LogP) is 4.44. The molecule has 1 unspecified atom stereocenters. The summed E-state index contributed by atoms with van der Waals surface area (Å²) in [6, 6.07) is 21.0. The molecule has 2 N–H and O–H groups in total. The second-order valence-corrected chi connectivity index (χ2v) is 5.00. The van der Waals surface area contributed by atoms with Gasteiger partial charge in [0.05, 0.1) is 6.07 Å². The van der Waals surface area contributed by atoms with Crippen molar-refractivity contribution in [2.75, 3.05) is 0 Å². The topological polar surface area (TPSA) is 49.8 Å². The third kappa shape index (κ3) is 3.94. The fourth-order valence-corrected chi connectivity index (χ4v) is 2.31. The van der Waals surface area contributed by atoms with Crippen LogP contribution >= 0.6 is 0 Å². The highest BCUT2D eigenvalue weighted by atomic mass is 14.6. The van der Waals surface area contributed by atoms with Crippen LogP contribution in [0.5, 0.6) is 0 Å². The van der Waals surface area contributed by atoms with Crippen LogP contribution < -0.4 is 5.73 Å². The van der Waals surface area contributed by atoms with Crippen molar-refractivity contribution in [1.29, 1.82) is 5.26 Å². The first-order chi connectivity index (χ1) is 9.81. The summed E-state index contributed by atoms with van der Waals surface area (Å²) >= 11 is 0. The molecular formula is C18H20N2. The van der Waals surface area contributed by atoms with Gasteiger partial charge in [0.25, 0.3) is 0 Å². The molecule has 0 aliphatic carbocycles. The number of nitriles is 1. The Labute approximate surface area is 120 Å². The second kappa shape index (κ2) is 7.47. The molecule has 0 bridgehead atoms. The van der Waals surface area contributed by atoms with Gasteiger partial charge in [-0.05, 0) is 35.6 Å². The van der Waals surface area contributed by atoms with Crippen LogP contribution in [0.3, 0.4) is 0 Å². The first-order valence-electron chi connectivity index (χ1n) is 7.09. The molecule has 2 rings (SSSR count). The molecule has 0 aromatic heterocycles. The number of hydrogen-bond acceptors (Lipinski definition) is 2. The summed E-state index contributed by atoms with van der Waals surface area (Å²) < 4.78 is 0. The van der Waals surface area contributed by atoms with Crippen LogP contribution in [0, 0.1) is 11.3 Å². The van der Waals surface area contributed by atoms with Crippen molar-refractivity contribution in [3.63, 3.8) is 0 Å². The Balaban J connectivity index is 2.04. The van der Waals surface area contributed by atoms with Gasteiger partial charge in [0.2, 0.25) is 0 Å². The van der Waals surface area contributed by atoms with E-state index in [9.17, 15) is 0 Å². The largest absolute Gasteiger partial charge is 0.324 e. The molecule has 0 aliphatic heterocycles. The average molecular weight is 264 g/mol. The third-order valence-electron chi connectivity index (χ3n) is 3.48. The monoisotopic (exact) mass is 264 g/mol. The molecule has 20 heavy (non-hydrogen) atoms. The molecule has 0 saturated heterocycles. The number of nitrogens with zero attached hydrogens (tertiary/aromatic N) is 1. The highest BCUT2D eigenvalue weighted by Crippen LogP contribution is 2.24. The lowest BCUT2D eigenvalue weighted by molar-refractivity contribution is 0.592. The molecule has 0 radical (unpaired) electrons. The van der Waals surface area contributed by atoms with E-state index in [1.807, 2.05) is 18.2 Å². The molecule has 2 aromatic carbocycles. The van der Waals surface area contributed by atoms with Gasteiger partial charge in [-0.1, -0.05) is 55.0 Å². The van der Waals surface area contributed by atoms with E-state index in [0.717, 1.165) is 19.3 Å². The quantitative estimate of drug-likeness (QED) is 0.784. The maximum Gasteiger partial charge on any atom is 0.0621 e. The maximum atomic E-state index is 8.53. The van der Waals surface area contributed by atoms with Crippen LogP contribution in [0.2, 0.25) is 0 Å². The normalized spacial score (nSPS) is 11.8. The standard InChI is InChI=1S/C18H20N2/c19-13-6-2-5-12-18(20)17-11-7-10-16(14-17)15-8-3-1-4-9-15/h1,3-4,7-11,14,18H,2,5-6,12,20H2. The number of unbranched alkanes of at least 4 members (excludes halogenated alkanes) is 2. The van der Waals surface area contributed by atoms with Crippen LogP contribution in [0.4, 0.5) is 0 Å². The van der Waals surface area contributed by atoms with Gasteiger partial charge in [-0.25, -0.2) is 0 Å². The Bertz CT molecular complexity index is 569. The van der Waals surface area contributed by atoms with Crippen molar-refractivity contribution < 1.29 is 0 Å². The first kappa shape index (κ1) is 14.3. The van der Waals surface area contributed by atoms with Gasteiger partial charge in [-0.3, -0.25) is 0 Å². The zero-order valence-corrected chi connectivity index (χ0v) is 11.6. The molecule has 2 nitrogen and oxygen atoms in total. The Morgan fingerprint density at radius 1 is 0.950 bits per heavy atom. The molecular weight excluding hydrogens is 244 g/mol.